The summed E-state index contributed by atoms with van der Waals surface area (Å²) in [5.41, 5.74) is 4.36. The van der Waals surface area contributed by atoms with Gasteiger partial charge in [-0.1, -0.05) is 99.1 Å². The Bertz CT molecular complexity index is 1370. The molecule has 5 rings (SSSR count). The Morgan fingerprint density at radius 1 is 0.929 bits per heavy atom. The van der Waals surface area contributed by atoms with Crippen molar-refractivity contribution < 1.29 is 24.2 Å². The number of amides is 2. The molecule has 3 aromatic carbocycles. The van der Waals surface area contributed by atoms with Gasteiger partial charge in [0.05, 0.1) is 0 Å². The Morgan fingerprint density at radius 3 is 2.07 bits per heavy atom. The normalized spacial score (nSPS) is 17.4. The Morgan fingerprint density at radius 2 is 1.50 bits per heavy atom. The summed E-state index contributed by atoms with van der Waals surface area (Å²) in [7, 11) is 0. The monoisotopic (exact) mass is 569 g/mol. The SMILES string of the molecule is CCC(C)[C@H](NC(=O)C1(NC(=O)OCC2c3ccccc3-c3ccccc32)CCN(Cc2ccccc2)CC1)C(=O)O. The summed E-state index contributed by atoms with van der Waals surface area (Å²) in [5, 5.41) is 15.5. The Kier molecular flexibility index (Phi) is 8.92. The smallest absolute Gasteiger partial charge is 0.408 e. The van der Waals surface area contributed by atoms with Crippen LogP contribution < -0.4 is 10.6 Å². The van der Waals surface area contributed by atoms with E-state index in [0.717, 1.165) is 28.8 Å². The summed E-state index contributed by atoms with van der Waals surface area (Å²) in [6.07, 6.45) is 0.583. The van der Waals surface area contributed by atoms with E-state index in [-0.39, 0.29) is 18.4 Å². The molecule has 42 heavy (non-hydrogen) atoms. The topological polar surface area (TPSA) is 108 Å². The molecule has 0 saturated carbocycles. The molecule has 3 N–H and O–H groups in total. The average molecular weight is 570 g/mol. The van der Waals surface area contributed by atoms with E-state index in [2.05, 4.69) is 51.9 Å². The van der Waals surface area contributed by atoms with E-state index in [1.165, 1.54) is 5.56 Å². The summed E-state index contributed by atoms with van der Waals surface area (Å²) >= 11 is 0. The van der Waals surface area contributed by atoms with Crippen LogP contribution in [0.2, 0.25) is 0 Å². The summed E-state index contributed by atoms with van der Waals surface area (Å²) < 4.78 is 5.80. The first kappa shape index (κ1) is 29.3. The predicted molar refractivity (Wildman–Crippen MR) is 161 cm³/mol. The van der Waals surface area contributed by atoms with Crippen LogP contribution in [0.1, 0.15) is 55.7 Å². The first-order valence-corrected chi connectivity index (χ1v) is 14.7. The number of ether oxygens (including phenoxy) is 1. The molecule has 1 aliphatic carbocycles. The molecule has 0 radical (unpaired) electrons. The van der Waals surface area contributed by atoms with Gasteiger partial charge >= 0.3 is 12.1 Å². The third-order valence-electron chi connectivity index (χ3n) is 8.84. The minimum atomic E-state index is -1.28. The average Bonchev–Trinajstić information content (AvgIpc) is 3.33. The molecule has 1 aliphatic heterocycles. The van der Waals surface area contributed by atoms with Gasteiger partial charge in [-0.3, -0.25) is 9.69 Å². The van der Waals surface area contributed by atoms with Gasteiger partial charge in [-0.05, 0) is 46.6 Å². The van der Waals surface area contributed by atoms with Crippen LogP contribution in [-0.2, 0) is 20.9 Å². The van der Waals surface area contributed by atoms with Gasteiger partial charge in [-0.2, -0.15) is 0 Å². The third-order valence-corrected chi connectivity index (χ3v) is 8.84. The lowest BCUT2D eigenvalue weighted by Crippen LogP contribution is -2.65. The summed E-state index contributed by atoms with van der Waals surface area (Å²) in [6.45, 7) is 5.67. The van der Waals surface area contributed by atoms with E-state index in [1.54, 1.807) is 6.92 Å². The van der Waals surface area contributed by atoms with E-state index in [1.807, 2.05) is 49.4 Å². The zero-order valence-corrected chi connectivity index (χ0v) is 24.2. The molecule has 2 atom stereocenters. The maximum atomic E-state index is 13.8. The second-order valence-electron chi connectivity index (χ2n) is 11.5. The molecule has 0 bridgehead atoms. The molecular weight excluding hydrogens is 530 g/mol. The maximum Gasteiger partial charge on any atom is 0.408 e. The van der Waals surface area contributed by atoms with Gasteiger partial charge in [0.25, 0.3) is 0 Å². The number of carboxylic acid groups (broad SMARTS) is 1. The van der Waals surface area contributed by atoms with Gasteiger partial charge < -0.3 is 20.5 Å². The van der Waals surface area contributed by atoms with Crippen molar-refractivity contribution in [3.63, 3.8) is 0 Å². The maximum absolute atomic E-state index is 13.8. The lowest BCUT2D eigenvalue weighted by Gasteiger charge is -2.41. The van der Waals surface area contributed by atoms with Gasteiger partial charge in [0.1, 0.15) is 18.2 Å². The number of carboxylic acids is 1. The van der Waals surface area contributed by atoms with Crippen molar-refractivity contribution in [2.45, 2.75) is 57.2 Å². The van der Waals surface area contributed by atoms with Crippen molar-refractivity contribution in [3.05, 3.63) is 95.6 Å². The van der Waals surface area contributed by atoms with Crippen molar-refractivity contribution in [2.24, 2.45) is 5.92 Å². The largest absolute Gasteiger partial charge is 0.480 e. The number of hydrogen-bond acceptors (Lipinski definition) is 5. The molecule has 2 aliphatic rings. The Hall–Kier alpha value is -4.17. The van der Waals surface area contributed by atoms with Crippen LogP contribution in [0.25, 0.3) is 11.1 Å². The minimum absolute atomic E-state index is 0.109. The van der Waals surface area contributed by atoms with Crippen LogP contribution in [0, 0.1) is 5.92 Å². The van der Waals surface area contributed by atoms with Crippen molar-refractivity contribution >= 4 is 18.0 Å². The number of likely N-dealkylation sites (tertiary alicyclic amines) is 1. The summed E-state index contributed by atoms with van der Waals surface area (Å²) in [6, 6.07) is 25.3. The Balaban J connectivity index is 1.31. The van der Waals surface area contributed by atoms with Crippen LogP contribution in [-0.4, -0.2) is 59.3 Å². The molecule has 0 spiro atoms. The third kappa shape index (κ3) is 6.19. The quantitative estimate of drug-likeness (QED) is 0.311. The zero-order chi connectivity index (χ0) is 29.7. The van der Waals surface area contributed by atoms with Crippen molar-refractivity contribution in [3.8, 4) is 11.1 Å². The fourth-order valence-corrected chi connectivity index (χ4v) is 6.14. The molecular formula is C34H39N3O5. The van der Waals surface area contributed by atoms with Gasteiger partial charge in [0.2, 0.25) is 5.91 Å². The number of nitrogens with one attached hydrogen (secondary N) is 2. The van der Waals surface area contributed by atoms with Crippen molar-refractivity contribution in [1.82, 2.24) is 15.5 Å². The standard InChI is InChI=1S/C34H39N3O5/c1-3-23(2)30(31(38)39)35-32(40)34(17-19-37(20-18-34)21-24-11-5-4-6-12-24)36-33(41)42-22-29-27-15-9-7-13-25(27)26-14-8-10-16-28(26)29/h4-16,23,29-30H,3,17-22H2,1-2H3,(H,35,40)(H,36,41)(H,38,39)/t23?,30-/m0/s1. The molecule has 1 saturated heterocycles. The summed E-state index contributed by atoms with van der Waals surface area (Å²) in [5.74, 6) is -1.95. The molecule has 2 amide bonds. The van der Waals surface area contributed by atoms with E-state index >= 15 is 0 Å². The number of rotatable bonds is 10. The number of alkyl carbamates (subject to hydrolysis) is 1. The highest BCUT2D eigenvalue weighted by molar-refractivity contribution is 5.93. The molecule has 3 aromatic rings. The van der Waals surface area contributed by atoms with Crippen LogP contribution in [0.15, 0.2) is 78.9 Å². The zero-order valence-electron chi connectivity index (χ0n) is 24.2. The molecule has 8 nitrogen and oxygen atoms in total. The van der Waals surface area contributed by atoms with Crippen LogP contribution in [0.4, 0.5) is 4.79 Å². The summed E-state index contributed by atoms with van der Waals surface area (Å²) in [4.78, 5) is 41.4. The number of nitrogens with zero attached hydrogens (tertiary/aromatic N) is 1. The number of carbonyl (C=O) groups excluding carboxylic acids is 2. The number of piperidine rings is 1. The number of carbonyl (C=O) groups is 3. The fraction of sp³-hybridized carbons (Fsp3) is 0.382. The van der Waals surface area contributed by atoms with Gasteiger partial charge in [-0.25, -0.2) is 9.59 Å². The molecule has 0 aromatic heterocycles. The van der Waals surface area contributed by atoms with Crippen molar-refractivity contribution in [1.29, 1.82) is 0 Å². The number of aliphatic carboxylic acids is 1. The van der Waals surface area contributed by atoms with Crippen LogP contribution >= 0.6 is 0 Å². The molecule has 220 valence electrons. The van der Waals surface area contributed by atoms with Gasteiger partial charge in [0, 0.05) is 25.6 Å². The first-order chi connectivity index (χ1) is 20.3. The number of fused-ring (bicyclic) bond motifs is 3. The molecule has 8 heteroatoms. The second-order valence-corrected chi connectivity index (χ2v) is 11.5. The molecule has 1 heterocycles. The van der Waals surface area contributed by atoms with E-state index in [9.17, 15) is 19.5 Å². The number of benzene rings is 3. The van der Waals surface area contributed by atoms with E-state index in [0.29, 0.717) is 32.4 Å². The minimum Gasteiger partial charge on any atom is -0.480 e. The predicted octanol–water partition coefficient (Wildman–Crippen LogP) is 5.18. The van der Waals surface area contributed by atoms with E-state index < -0.39 is 29.6 Å². The van der Waals surface area contributed by atoms with Crippen LogP contribution in [0.5, 0.6) is 0 Å². The lowest BCUT2D eigenvalue weighted by molar-refractivity contribution is -0.145. The fourth-order valence-electron chi connectivity index (χ4n) is 6.14. The lowest BCUT2D eigenvalue weighted by atomic mass is 9.85. The first-order valence-electron chi connectivity index (χ1n) is 14.7. The Labute approximate surface area is 247 Å². The van der Waals surface area contributed by atoms with Gasteiger partial charge in [-0.15, -0.1) is 0 Å². The molecule has 1 unspecified atom stereocenters. The number of hydrogen-bond donors (Lipinski definition) is 3. The van der Waals surface area contributed by atoms with Crippen LogP contribution in [0.3, 0.4) is 0 Å². The highest BCUT2D eigenvalue weighted by atomic mass is 16.5. The highest BCUT2D eigenvalue weighted by Gasteiger charge is 2.45. The van der Waals surface area contributed by atoms with Gasteiger partial charge in [0.15, 0.2) is 0 Å². The highest BCUT2D eigenvalue weighted by Crippen LogP contribution is 2.44. The van der Waals surface area contributed by atoms with Crippen molar-refractivity contribution in [2.75, 3.05) is 19.7 Å². The van der Waals surface area contributed by atoms with E-state index in [4.69, 9.17) is 4.74 Å². The second kappa shape index (κ2) is 12.8. The molecule has 1 fully saturated rings.